The van der Waals surface area contributed by atoms with E-state index in [1.54, 1.807) is 18.2 Å². The Morgan fingerprint density at radius 1 is 1.14 bits per heavy atom. The van der Waals surface area contributed by atoms with Crippen LogP contribution in [0.3, 0.4) is 0 Å². The molecule has 0 unspecified atom stereocenters. The third-order valence-electron chi connectivity index (χ3n) is 4.15. The van der Waals surface area contributed by atoms with Gasteiger partial charge in [0.05, 0.1) is 6.61 Å². The summed E-state index contributed by atoms with van der Waals surface area (Å²) in [6.07, 6.45) is -0.237. The molecule has 22 heavy (non-hydrogen) atoms. The second kappa shape index (κ2) is 6.57. The van der Waals surface area contributed by atoms with Crippen LogP contribution in [0.25, 0.3) is 0 Å². The Bertz CT molecular complexity index is 613. The van der Waals surface area contributed by atoms with Gasteiger partial charge in [0.2, 0.25) is 0 Å². The van der Waals surface area contributed by atoms with Gasteiger partial charge in [-0.1, -0.05) is 48.5 Å². The zero-order valence-electron chi connectivity index (χ0n) is 12.3. The molecule has 4 heteroatoms. The van der Waals surface area contributed by atoms with Gasteiger partial charge in [0, 0.05) is 19.5 Å². The van der Waals surface area contributed by atoms with E-state index in [0.717, 1.165) is 12.1 Å². The number of morpholine rings is 1. The van der Waals surface area contributed by atoms with Crippen molar-refractivity contribution in [3.63, 3.8) is 0 Å². The minimum absolute atomic E-state index is 0.177. The van der Waals surface area contributed by atoms with E-state index in [-0.39, 0.29) is 12.2 Å². The van der Waals surface area contributed by atoms with Crippen LogP contribution in [-0.4, -0.2) is 30.9 Å². The topological polar surface area (TPSA) is 41.5 Å². The lowest BCUT2D eigenvalue weighted by Crippen LogP contribution is -2.52. The highest BCUT2D eigenvalue weighted by molar-refractivity contribution is 5.29. The molecule has 0 radical (unpaired) electrons. The molecule has 0 aliphatic carbocycles. The van der Waals surface area contributed by atoms with Gasteiger partial charge >= 0.3 is 0 Å². The summed E-state index contributed by atoms with van der Waals surface area (Å²) in [4.78, 5) is 0. The summed E-state index contributed by atoms with van der Waals surface area (Å²) in [5, 5.41) is 14.6. The lowest BCUT2D eigenvalue weighted by molar-refractivity contribution is -0.124. The normalized spacial score (nSPS) is 21.3. The molecule has 2 aromatic rings. The number of benzene rings is 2. The maximum Gasteiger partial charge on any atom is 0.126 e. The Hall–Kier alpha value is -1.75. The maximum atomic E-state index is 14.0. The second-order valence-corrected chi connectivity index (χ2v) is 5.62. The van der Waals surface area contributed by atoms with Gasteiger partial charge in [0.1, 0.15) is 17.5 Å². The van der Waals surface area contributed by atoms with Crippen molar-refractivity contribution in [3.8, 4) is 0 Å². The molecule has 0 aromatic heterocycles. The van der Waals surface area contributed by atoms with Crippen molar-refractivity contribution in [2.75, 3.05) is 19.7 Å². The molecule has 1 aliphatic rings. The molecule has 0 saturated carbocycles. The van der Waals surface area contributed by atoms with E-state index >= 15 is 0 Å². The summed E-state index contributed by atoms with van der Waals surface area (Å²) >= 11 is 0. The summed E-state index contributed by atoms with van der Waals surface area (Å²) in [6, 6.07) is 15.9. The van der Waals surface area contributed by atoms with Crippen LogP contribution in [0, 0.1) is 5.82 Å². The van der Waals surface area contributed by atoms with Crippen LogP contribution in [0.5, 0.6) is 0 Å². The standard InChI is InChI=1S/C18H20FNO2/c19-16-9-5-4-6-14(16)12-18(21,15-7-2-1-3-8-15)17-13-20-10-11-22-17/h1-9,17,20-21H,10-13H2/t17-,18-/m1/s1. The first kappa shape index (κ1) is 15.2. The van der Waals surface area contributed by atoms with Crippen molar-refractivity contribution in [1.29, 1.82) is 0 Å². The van der Waals surface area contributed by atoms with E-state index < -0.39 is 11.7 Å². The van der Waals surface area contributed by atoms with Crippen molar-refractivity contribution in [2.24, 2.45) is 0 Å². The van der Waals surface area contributed by atoms with Gasteiger partial charge in [-0.05, 0) is 17.2 Å². The number of hydrogen-bond acceptors (Lipinski definition) is 3. The number of halogens is 1. The molecule has 116 valence electrons. The fourth-order valence-electron chi connectivity index (χ4n) is 2.93. The first-order valence-corrected chi connectivity index (χ1v) is 7.54. The van der Waals surface area contributed by atoms with E-state index in [0.29, 0.717) is 18.7 Å². The van der Waals surface area contributed by atoms with Crippen molar-refractivity contribution >= 4 is 0 Å². The molecule has 1 heterocycles. The van der Waals surface area contributed by atoms with E-state index in [4.69, 9.17) is 4.74 Å². The zero-order valence-corrected chi connectivity index (χ0v) is 12.3. The fraction of sp³-hybridized carbons (Fsp3) is 0.333. The van der Waals surface area contributed by atoms with Gasteiger partial charge in [-0.25, -0.2) is 4.39 Å². The van der Waals surface area contributed by atoms with Crippen molar-refractivity contribution in [2.45, 2.75) is 18.1 Å². The molecule has 2 atom stereocenters. The maximum absolute atomic E-state index is 14.0. The first-order chi connectivity index (χ1) is 10.7. The summed E-state index contributed by atoms with van der Waals surface area (Å²) in [6.45, 7) is 1.85. The Morgan fingerprint density at radius 3 is 2.55 bits per heavy atom. The van der Waals surface area contributed by atoms with E-state index in [1.165, 1.54) is 6.07 Å². The summed E-state index contributed by atoms with van der Waals surface area (Å²) in [5.74, 6) is -0.305. The fourth-order valence-corrected chi connectivity index (χ4v) is 2.93. The van der Waals surface area contributed by atoms with E-state index in [9.17, 15) is 9.50 Å². The molecule has 0 spiro atoms. The van der Waals surface area contributed by atoms with Crippen molar-refractivity contribution < 1.29 is 14.2 Å². The van der Waals surface area contributed by atoms with Crippen LogP contribution < -0.4 is 5.32 Å². The van der Waals surface area contributed by atoms with Crippen LogP contribution >= 0.6 is 0 Å². The Morgan fingerprint density at radius 2 is 1.86 bits per heavy atom. The molecule has 2 aromatic carbocycles. The lowest BCUT2D eigenvalue weighted by atomic mass is 9.82. The first-order valence-electron chi connectivity index (χ1n) is 7.54. The average molecular weight is 301 g/mol. The van der Waals surface area contributed by atoms with Gasteiger partial charge < -0.3 is 15.2 Å². The van der Waals surface area contributed by atoms with Gasteiger partial charge in [-0.3, -0.25) is 0 Å². The molecule has 1 saturated heterocycles. The molecule has 0 amide bonds. The lowest BCUT2D eigenvalue weighted by Gasteiger charge is -2.39. The molecule has 0 bridgehead atoms. The quantitative estimate of drug-likeness (QED) is 0.910. The molecule has 2 N–H and O–H groups in total. The van der Waals surface area contributed by atoms with Crippen LogP contribution in [-0.2, 0) is 16.8 Å². The number of ether oxygens (including phenoxy) is 1. The largest absolute Gasteiger partial charge is 0.382 e. The van der Waals surface area contributed by atoms with Gasteiger partial charge in [-0.2, -0.15) is 0 Å². The molecule has 3 nitrogen and oxygen atoms in total. The monoisotopic (exact) mass is 301 g/mol. The second-order valence-electron chi connectivity index (χ2n) is 5.62. The number of hydrogen-bond donors (Lipinski definition) is 2. The highest BCUT2D eigenvalue weighted by atomic mass is 19.1. The molecular weight excluding hydrogens is 281 g/mol. The van der Waals surface area contributed by atoms with E-state index in [2.05, 4.69) is 5.32 Å². The third-order valence-corrected chi connectivity index (χ3v) is 4.15. The average Bonchev–Trinajstić information content (AvgIpc) is 2.58. The van der Waals surface area contributed by atoms with E-state index in [1.807, 2.05) is 30.3 Å². The molecule has 3 rings (SSSR count). The van der Waals surface area contributed by atoms with Gasteiger partial charge in [0.25, 0.3) is 0 Å². The summed E-state index contributed by atoms with van der Waals surface area (Å²) < 4.78 is 19.8. The predicted octanol–water partition coefficient (Wildman–Crippen LogP) is 2.24. The molecular formula is C18H20FNO2. The highest BCUT2D eigenvalue weighted by Gasteiger charge is 2.40. The third kappa shape index (κ3) is 3.04. The van der Waals surface area contributed by atoms with Crippen LogP contribution in [0.2, 0.25) is 0 Å². The Labute approximate surface area is 129 Å². The summed E-state index contributed by atoms with van der Waals surface area (Å²) in [5.41, 5.74) is -0.0355. The highest BCUT2D eigenvalue weighted by Crippen LogP contribution is 2.32. The number of rotatable bonds is 4. The van der Waals surface area contributed by atoms with Crippen molar-refractivity contribution in [1.82, 2.24) is 5.32 Å². The Kier molecular flexibility index (Phi) is 4.52. The van der Waals surface area contributed by atoms with Gasteiger partial charge in [0.15, 0.2) is 0 Å². The number of aliphatic hydroxyl groups is 1. The van der Waals surface area contributed by atoms with Crippen molar-refractivity contribution in [3.05, 3.63) is 71.5 Å². The minimum Gasteiger partial charge on any atom is -0.382 e. The van der Waals surface area contributed by atoms with Crippen LogP contribution in [0.15, 0.2) is 54.6 Å². The van der Waals surface area contributed by atoms with Crippen LogP contribution in [0.1, 0.15) is 11.1 Å². The smallest absolute Gasteiger partial charge is 0.126 e. The minimum atomic E-state index is -1.27. The predicted molar refractivity (Wildman–Crippen MR) is 83.1 cm³/mol. The molecule has 1 aliphatic heterocycles. The number of nitrogens with one attached hydrogen (secondary N) is 1. The van der Waals surface area contributed by atoms with Gasteiger partial charge in [-0.15, -0.1) is 0 Å². The zero-order chi connectivity index (χ0) is 15.4. The Balaban J connectivity index is 1.97. The SMILES string of the molecule is O[C@](Cc1ccccc1F)(c1ccccc1)[C@H]1CNCCO1. The van der Waals surface area contributed by atoms with Crippen LogP contribution in [0.4, 0.5) is 4.39 Å². The molecule has 1 fully saturated rings. The summed E-state index contributed by atoms with van der Waals surface area (Å²) in [7, 11) is 0.